The van der Waals surface area contributed by atoms with Crippen LogP contribution in [0.1, 0.15) is 54.7 Å². The van der Waals surface area contributed by atoms with Gasteiger partial charge in [-0.25, -0.2) is 9.97 Å². The fraction of sp³-hybridized carbons (Fsp3) is 0.440. The molecule has 1 saturated heterocycles. The Morgan fingerprint density at radius 1 is 1.19 bits per heavy atom. The first-order valence-electron chi connectivity index (χ1n) is 11.9. The molecule has 2 N–H and O–H groups in total. The van der Waals surface area contributed by atoms with Crippen LogP contribution in [0.15, 0.2) is 24.5 Å². The Hall–Kier alpha value is -3.63. The van der Waals surface area contributed by atoms with E-state index in [1.807, 2.05) is 6.92 Å². The van der Waals surface area contributed by atoms with Crippen molar-refractivity contribution in [3.05, 3.63) is 41.3 Å². The predicted molar refractivity (Wildman–Crippen MR) is 128 cm³/mol. The zero-order valence-electron chi connectivity index (χ0n) is 20.3. The summed E-state index contributed by atoms with van der Waals surface area (Å²) in [5.74, 6) is 0.00683. The van der Waals surface area contributed by atoms with E-state index in [-0.39, 0.29) is 41.5 Å². The molecule has 0 radical (unpaired) electrons. The largest absolute Gasteiger partial charge is 0.493 e. The first-order chi connectivity index (χ1) is 17.1. The van der Waals surface area contributed by atoms with Gasteiger partial charge in [0, 0.05) is 36.8 Å². The monoisotopic (exact) mass is 503 g/mol. The summed E-state index contributed by atoms with van der Waals surface area (Å²) in [5, 5.41) is 3.02. The first-order valence-corrected chi connectivity index (χ1v) is 11.9. The molecule has 4 rings (SSSR count). The van der Waals surface area contributed by atoms with Crippen LogP contribution in [0.3, 0.4) is 0 Å². The number of halogens is 3. The van der Waals surface area contributed by atoms with Gasteiger partial charge in [-0.1, -0.05) is 6.92 Å². The third-order valence-corrected chi connectivity index (χ3v) is 6.35. The zero-order valence-corrected chi connectivity index (χ0v) is 20.3. The average molecular weight is 504 g/mol. The van der Waals surface area contributed by atoms with Gasteiger partial charge in [-0.05, 0) is 44.9 Å². The molecule has 36 heavy (non-hydrogen) atoms. The second-order valence-corrected chi connectivity index (χ2v) is 8.69. The number of hydrogen-bond acceptors (Lipinski definition) is 5. The molecule has 1 aliphatic rings. The Balaban J connectivity index is 1.67. The molecule has 0 bridgehead atoms. The number of rotatable bonds is 6. The Bertz CT molecular complexity index is 1280. The summed E-state index contributed by atoms with van der Waals surface area (Å²) in [6.45, 7) is 6.67. The summed E-state index contributed by atoms with van der Waals surface area (Å²) in [6, 6.07) is 3.13. The second kappa shape index (κ2) is 10.2. The van der Waals surface area contributed by atoms with E-state index in [4.69, 9.17) is 4.74 Å². The number of aromatic nitrogens is 3. The maximum absolute atomic E-state index is 13.4. The Morgan fingerprint density at radius 3 is 2.56 bits per heavy atom. The van der Waals surface area contributed by atoms with E-state index in [0.717, 1.165) is 12.1 Å². The normalized spacial score (nSPS) is 14.8. The van der Waals surface area contributed by atoms with Crippen LogP contribution in [0.2, 0.25) is 0 Å². The lowest BCUT2D eigenvalue weighted by Gasteiger charge is -2.32. The van der Waals surface area contributed by atoms with Gasteiger partial charge in [-0.2, -0.15) is 13.2 Å². The molecule has 3 heterocycles. The summed E-state index contributed by atoms with van der Waals surface area (Å²) >= 11 is 0. The van der Waals surface area contributed by atoms with Gasteiger partial charge in [0.1, 0.15) is 23.3 Å². The summed E-state index contributed by atoms with van der Waals surface area (Å²) in [4.78, 5) is 38.6. The van der Waals surface area contributed by atoms with Gasteiger partial charge in [0.25, 0.3) is 5.91 Å². The number of nitrogens with one attached hydrogen (secondary N) is 2. The number of piperidine rings is 1. The summed E-state index contributed by atoms with van der Waals surface area (Å²) < 4.78 is 45.9. The fourth-order valence-corrected chi connectivity index (χ4v) is 4.53. The van der Waals surface area contributed by atoms with Crippen molar-refractivity contribution in [2.24, 2.45) is 0 Å². The molecule has 1 fully saturated rings. The molecule has 0 saturated carbocycles. The molecule has 0 spiro atoms. The number of alkyl halides is 3. The van der Waals surface area contributed by atoms with Gasteiger partial charge < -0.3 is 19.9 Å². The lowest BCUT2D eigenvalue weighted by Crippen LogP contribution is -2.46. The first kappa shape index (κ1) is 25.5. The number of carbonyl (C=O) groups excluding carboxylic acids is 2. The number of amides is 2. The Labute approximate surface area is 206 Å². The number of H-pyrrole nitrogens is 1. The Kier molecular flexibility index (Phi) is 7.18. The van der Waals surface area contributed by atoms with Crippen molar-refractivity contribution in [3.63, 3.8) is 0 Å². The average Bonchev–Trinajstić information content (AvgIpc) is 3.19. The van der Waals surface area contributed by atoms with E-state index in [0.29, 0.717) is 54.6 Å². The number of aromatic amines is 1. The van der Waals surface area contributed by atoms with E-state index < -0.39 is 11.7 Å². The minimum Gasteiger partial charge on any atom is -0.493 e. The highest BCUT2D eigenvalue weighted by Crippen LogP contribution is 2.39. The highest BCUT2D eigenvalue weighted by atomic mass is 19.4. The fourth-order valence-electron chi connectivity index (χ4n) is 4.53. The molecule has 192 valence electrons. The highest BCUT2D eigenvalue weighted by molar-refractivity contribution is 6.09. The standard InChI is InChI=1S/C25H28F3N5O3/c1-4-19(34)33-10-8-16(9-11-33)32-24(35)20-14(3)31-23-21(29-13-30-22(20)23)17-12-15(25(26,27)28)6-7-18(17)36-5-2/h6-7,12-13,16,31H,4-5,8-11H2,1-3H3,(H,32,35). The third kappa shape index (κ3) is 5.00. The quantitative estimate of drug-likeness (QED) is 0.517. The van der Waals surface area contributed by atoms with Crippen molar-refractivity contribution in [2.75, 3.05) is 19.7 Å². The van der Waals surface area contributed by atoms with E-state index in [2.05, 4.69) is 20.3 Å². The number of hydrogen-bond donors (Lipinski definition) is 2. The van der Waals surface area contributed by atoms with Crippen molar-refractivity contribution in [1.29, 1.82) is 0 Å². The van der Waals surface area contributed by atoms with Gasteiger partial charge in [0.2, 0.25) is 5.91 Å². The molecule has 1 aliphatic heterocycles. The van der Waals surface area contributed by atoms with Crippen LogP contribution >= 0.6 is 0 Å². The van der Waals surface area contributed by atoms with Crippen LogP contribution in [-0.2, 0) is 11.0 Å². The number of fused-ring (bicyclic) bond motifs is 1. The maximum Gasteiger partial charge on any atom is 0.416 e. The molecule has 11 heteroatoms. The van der Waals surface area contributed by atoms with Crippen molar-refractivity contribution in [2.45, 2.75) is 52.3 Å². The van der Waals surface area contributed by atoms with Crippen LogP contribution in [-0.4, -0.2) is 57.4 Å². The van der Waals surface area contributed by atoms with Crippen LogP contribution in [0.5, 0.6) is 5.75 Å². The number of likely N-dealkylation sites (tertiary alicyclic amines) is 1. The minimum atomic E-state index is -4.54. The second-order valence-electron chi connectivity index (χ2n) is 8.69. The van der Waals surface area contributed by atoms with Crippen LogP contribution in [0, 0.1) is 6.92 Å². The molecule has 3 aromatic rings. The zero-order chi connectivity index (χ0) is 26.0. The summed E-state index contributed by atoms with van der Waals surface area (Å²) in [6.07, 6.45) is -1.58. The molecular formula is C25H28F3N5O3. The number of carbonyl (C=O) groups is 2. The molecular weight excluding hydrogens is 475 g/mol. The number of benzene rings is 1. The molecule has 2 aromatic heterocycles. The lowest BCUT2D eigenvalue weighted by atomic mass is 10.0. The van der Waals surface area contributed by atoms with Crippen LogP contribution in [0.25, 0.3) is 22.3 Å². The molecule has 0 aliphatic carbocycles. The Morgan fingerprint density at radius 2 is 1.92 bits per heavy atom. The van der Waals surface area contributed by atoms with E-state index in [1.54, 1.807) is 18.7 Å². The topological polar surface area (TPSA) is 100 Å². The number of nitrogens with zero attached hydrogens (tertiary/aromatic N) is 3. The number of aryl methyl sites for hydroxylation is 1. The van der Waals surface area contributed by atoms with Crippen LogP contribution in [0.4, 0.5) is 13.2 Å². The van der Waals surface area contributed by atoms with Crippen molar-refractivity contribution >= 4 is 22.8 Å². The van der Waals surface area contributed by atoms with Crippen molar-refractivity contribution in [3.8, 4) is 17.0 Å². The van der Waals surface area contributed by atoms with E-state index in [1.165, 1.54) is 12.4 Å². The summed E-state index contributed by atoms with van der Waals surface area (Å²) in [7, 11) is 0. The predicted octanol–water partition coefficient (Wildman–Crippen LogP) is 4.48. The smallest absolute Gasteiger partial charge is 0.416 e. The SMILES string of the molecule is CCOc1ccc(C(F)(F)F)cc1-c1ncnc2c(C(=O)NC3CCN(C(=O)CC)CC3)c(C)[nH]c12. The van der Waals surface area contributed by atoms with Gasteiger partial charge in [0.05, 0.1) is 23.3 Å². The van der Waals surface area contributed by atoms with Crippen molar-refractivity contribution in [1.82, 2.24) is 25.2 Å². The third-order valence-electron chi connectivity index (χ3n) is 6.35. The van der Waals surface area contributed by atoms with E-state index in [9.17, 15) is 22.8 Å². The van der Waals surface area contributed by atoms with E-state index >= 15 is 0 Å². The lowest BCUT2D eigenvalue weighted by molar-refractivity contribution is -0.137. The molecule has 0 atom stereocenters. The van der Waals surface area contributed by atoms with Crippen LogP contribution < -0.4 is 10.1 Å². The molecule has 8 nitrogen and oxygen atoms in total. The van der Waals surface area contributed by atoms with Gasteiger partial charge in [-0.15, -0.1) is 0 Å². The summed E-state index contributed by atoms with van der Waals surface area (Å²) in [5.41, 5.74) is 1.03. The minimum absolute atomic E-state index is 0.0949. The highest BCUT2D eigenvalue weighted by Gasteiger charge is 2.32. The van der Waals surface area contributed by atoms with Gasteiger partial charge in [0.15, 0.2) is 0 Å². The molecule has 2 amide bonds. The molecule has 0 unspecified atom stereocenters. The molecule has 1 aromatic carbocycles. The maximum atomic E-state index is 13.4. The van der Waals surface area contributed by atoms with Crippen molar-refractivity contribution < 1.29 is 27.5 Å². The van der Waals surface area contributed by atoms with Gasteiger partial charge >= 0.3 is 6.18 Å². The van der Waals surface area contributed by atoms with Gasteiger partial charge in [-0.3, -0.25) is 9.59 Å². The number of ether oxygens (including phenoxy) is 1.